The van der Waals surface area contributed by atoms with Crippen LogP contribution in [-0.2, 0) is 19.0 Å². The molecule has 90 valence electrons. The Kier molecular flexibility index (Phi) is 3.08. The molecule has 0 aromatic rings. The number of hydrogen-bond acceptors (Lipinski definition) is 4. The van der Waals surface area contributed by atoms with Crippen molar-refractivity contribution in [3.63, 3.8) is 0 Å². The van der Waals surface area contributed by atoms with E-state index < -0.39 is 11.8 Å². The first kappa shape index (κ1) is 11.3. The average Bonchev–Trinajstić information content (AvgIpc) is 2.47. The quantitative estimate of drug-likeness (QED) is 0.644. The number of ether oxygens (including phenoxy) is 3. The Labute approximate surface area is 95.6 Å². The molecule has 0 aromatic carbocycles. The molecule has 4 heteroatoms. The van der Waals surface area contributed by atoms with E-state index in [-0.39, 0.29) is 5.76 Å². The second-order valence-electron chi connectivity index (χ2n) is 4.41. The first-order valence-electron chi connectivity index (χ1n) is 5.84. The van der Waals surface area contributed by atoms with Gasteiger partial charge in [0.25, 0.3) is 5.79 Å². The fourth-order valence-corrected chi connectivity index (χ4v) is 2.35. The summed E-state index contributed by atoms with van der Waals surface area (Å²) in [4.78, 5) is 11.5. The summed E-state index contributed by atoms with van der Waals surface area (Å²) >= 11 is 0. The van der Waals surface area contributed by atoms with Crippen LogP contribution in [0.25, 0.3) is 0 Å². The van der Waals surface area contributed by atoms with E-state index in [4.69, 9.17) is 9.47 Å². The van der Waals surface area contributed by atoms with Crippen molar-refractivity contribution < 1.29 is 19.0 Å². The average molecular weight is 226 g/mol. The molecule has 0 radical (unpaired) electrons. The number of hydrogen-bond donors (Lipinski definition) is 0. The minimum atomic E-state index is -0.593. The van der Waals surface area contributed by atoms with Crippen LogP contribution in [0.1, 0.15) is 45.4 Å². The number of carbonyl (C=O) groups excluding carboxylic acids is 1. The van der Waals surface area contributed by atoms with Crippen LogP contribution in [0, 0.1) is 0 Å². The summed E-state index contributed by atoms with van der Waals surface area (Å²) in [7, 11) is 1.35. The summed E-state index contributed by atoms with van der Waals surface area (Å²) in [5.41, 5.74) is 0. The SMILES string of the molecule is COC(=O)C1=C(C)OC2(CCCCCC2)O1. The molecule has 1 aliphatic heterocycles. The van der Waals surface area contributed by atoms with E-state index in [1.54, 1.807) is 6.92 Å². The van der Waals surface area contributed by atoms with Gasteiger partial charge in [-0.3, -0.25) is 0 Å². The molecule has 0 amide bonds. The van der Waals surface area contributed by atoms with Gasteiger partial charge in [-0.1, -0.05) is 12.8 Å². The van der Waals surface area contributed by atoms with Crippen LogP contribution in [0.15, 0.2) is 11.5 Å². The van der Waals surface area contributed by atoms with E-state index in [2.05, 4.69) is 4.74 Å². The molecule has 0 N–H and O–H groups in total. The van der Waals surface area contributed by atoms with Crippen molar-refractivity contribution in [3.05, 3.63) is 11.5 Å². The van der Waals surface area contributed by atoms with Gasteiger partial charge in [0.2, 0.25) is 5.76 Å². The molecule has 1 spiro atoms. The Morgan fingerprint density at radius 3 is 2.38 bits per heavy atom. The minimum Gasteiger partial charge on any atom is -0.463 e. The second-order valence-corrected chi connectivity index (χ2v) is 4.41. The van der Waals surface area contributed by atoms with E-state index >= 15 is 0 Å². The van der Waals surface area contributed by atoms with Gasteiger partial charge in [0.1, 0.15) is 5.76 Å². The fourth-order valence-electron chi connectivity index (χ4n) is 2.35. The van der Waals surface area contributed by atoms with Crippen LogP contribution in [0.4, 0.5) is 0 Å². The van der Waals surface area contributed by atoms with E-state index in [9.17, 15) is 4.79 Å². The topological polar surface area (TPSA) is 44.8 Å². The van der Waals surface area contributed by atoms with Crippen molar-refractivity contribution in [2.45, 2.75) is 51.2 Å². The number of rotatable bonds is 1. The smallest absolute Gasteiger partial charge is 0.377 e. The van der Waals surface area contributed by atoms with E-state index in [1.807, 2.05) is 0 Å². The third-order valence-electron chi connectivity index (χ3n) is 3.18. The van der Waals surface area contributed by atoms with Gasteiger partial charge >= 0.3 is 5.97 Å². The van der Waals surface area contributed by atoms with Gasteiger partial charge < -0.3 is 14.2 Å². The summed E-state index contributed by atoms with van der Waals surface area (Å²) in [6.07, 6.45) is 6.29. The molecule has 1 aliphatic carbocycles. The summed E-state index contributed by atoms with van der Waals surface area (Å²) in [6.45, 7) is 1.76. The van der Waals surface area contributed by atoms with Crippen LogP contribution >= 0.6 is 0 Å². The maximum Gasteiger partial charge on any atom is 0.377 e. The molecule has 0 unspecified atom stereocenters. The monoisotopic (exact) mass is 226 g/mol. The van der Waals surface area contributed by atoms with Crippen LogP contribution in [0.2, 0.25) is 0 Å². The lowest BCUT2D eigenvalue weighted by molar-refractivity contribution is -0.172. The lowest BCUT2D eigenvalue weighted by Crippen LogP contribution is -2.30. The first-order chi connectivity index (χ1) is 7.67. The van der Waals surface area contributed by atoms with E-state index in [0.29, 0.717) is 5.76 Å². The summed E-state index contributed by atoms with van der Waals surface area (Å²) < 4.78 is 16.1. The van der Waals surface area contributed by atoms with Gasteiger partial charge in [0.15, 0.2) is 0 Å². The second kappa shape index (κ2) is 4.36. The highest BCUT2D eigenvalue weighted by Gasteiger charge is 2.44. The minimum absolute atomic E-state index is 0.240. The Morgan fingerprint density at radius 1 is 1.19 bits per heavy atom. The predicted octanol–water partition coefficient (Wildman–Crippen LogP) is 2.49. The predicted molar refractivity (Wildman–Crippen MR) is 57.3 cm³/mol. The summed E-state index contributed by atoms with van der Waals surface area (Å²) in [6, 6.07) is 0. The largest absolute Gasteiger partial charge is 0.463 e. The van der Waals surface area contributed by atoms with Crippen molar-refractivity contribution in [3.8, 4) is 0 Å². The molecule has 0 aromatic heterocycles. The van der Waals surface area contributed by atoms with Gasteiger partial charge in [-0.25, -0.2) is 4.79 Å². The molecule has 1 saturated carbocycles. The van der Waals surface area contributed by atoms with Crippen molar-refractivity contribution in [2.75, 3.05) is 7.11 Å². The fraction of sp³-hybridized carbons (Fsp3) is 0.750. The Morgan fingerprint density at radius 2 is 1.81 bits per heavy atom. The van der Waals surface area contributed by atoms with Gasteiger partial charge in [0, 0.05) is 12.8 Å². The number of allylic oxidation sites excluding steroid dienone is 1. The van der Waals surface area contributed by atoms with Crippen LogP contribution in [0.5, 0.6) is 0 Å². The van der Waals surface area contributed by atoms with Crippen LogP contribution < -0.4 is 0 Å². The highest BCUT2D eigenvalue weighted by Crippen LogP contribution is 2.40. The maximum atomic E-state index is 11.5. The highest BCUT2D eigenvalue weighted by atomic mass is 16.7. The molecule has 2 aliphatic rings. The Bertz CT molecular complexity index is 311. The zero-order valence-electron chi connectivity index (χ0n) is 9.88. The van der Waals surface area contributed by atoms with Crippen LogP contribution in [-0.4, -0.2) is 18.9 Å². The number of carbonyl (C=O) groups is 1. The summed E-state index contributed by atoms with van der Waals surface area (Å²) in [5, 5.41) is 0. The van der Waals surface area contributed by atoms with Gasteiger partial charge in [-0.05, 0) is 19.8 Å². The lowest BCUT2D eigenvalue weighted by atomic mass is 10.1. The highest BCUT2D eigenvalue weighted by molar-refractivity contribution is 5.87. The van der Waals surface area contributed by atoms with Crippen LogP contribution in [0.3, 0.4) is 0 Å². The van der Waals surface area contributed by atoms with Crippen molar-refractivity contribution in [1.82, 2.24) is 0 Å². The molecule has 0 saturated heterocycles. The molecule has 2 rings (SSSR count). The van der Waals surface area contributed by atoms with Crippen molar-refractivity contribution in [1.29, 1.82) is 0 Å². The van der Waals surface area contributed by atoms with E-state index in [1.165, 1.54) is 20.0 Å². The number of esters is 1. The normalized spacial score (nSPS) is 23.6. The molecule has 0 atom stereocenters. The van der Waals surface area contributed by atoms with Gasteiger partial charge in [-0.15, -0.1) is 0 Å². The molecule has 16 heavy (non-hydrogen) atoms. The molecule has 1 heterocycles. The lowest BCUT2D eigenvalue weighted by Gasteiger charge is -2.27. The van der Waals surface area contributed by atoms with Gasteiger partial charge in [0.05, 0.1) is 7.11 Å². The zero-order chi connectivity index (χ0) is 11.6. The third-order valence-corrected chi connectivity index (χ3v) is 3.18. The molecular weight excluding hydrogens is 208 g/mol. The molecule has 4 nitrogen and oxygen atoms in total. The molecular formula is C12H18O4. The van der Waals surface area contributed by atoms with Crippen molar-refractivity contribution in [2.24, 2.45) is 0 Å². The van der Waals surface area contributed by atoms with E-state index in [0.717, 1.165) is 25.7 Å². The van der Waals surface area contributed by atoms with Gasteiger partial charge in [-0.2, -0.15) is 0 Å². The zero-order valence-corrected chi connectivity index (χ0v) is 9.88. The summed E-state index contributed by atoms with van der Waals surface area (Å²) in [5.74, 6) is -0.249. The Balaban J connectivity index is 2.10. The third kappa shape index (κ3) is 2.01. The Hall–Kier alpha value is -1.19. The number of methoxy groups -OCH3 is 1. The first-order valence-corrected chi connectivity index (χ1v) is 5.84. The maximum absolute atomic E-state index is 11.5. The standard InChI is InChI=1S/C12H18O4/c1-9-10(11(13)14-2)16-12(15-9)7-5-3-4-6-8-12/h3-8H2,1-2H3. The van der Waals surface area contributed by atoms with Crippen molar-refractivity contribution >= 4 is 5.97 Å². The molecule has 1 fully saturated rings. The molecule has 0 bridgehead atoms.